The van der Waals surface area contributed by atoms with Crippen LogP contribution in [0.15, 0.2) is 60.7 Å². The largest absolute Gasteiger partial charge is 0.492 e. The maximum atomic E-state index is 12.8. The third kappa shape index (κ3) is 6.03. The molecule has 1 aliphatic rings. The van der Waals surface area contributed by atoms with Crippen molar-refractivity contribution in [3.05, 3.63) is 71.8 Å². The molecule has 0 atom stereocenters. The summed E-state index contributed by atoms with van der Waals surface area (Å²) < 4.78 is 22.2. The van der Waals surface area contributed by atoms with E-state index >= 15 is 0 Å². The summed E-state index contributed by atoms with van der Waals surface area (Å²) in [6, 6.07) is 17.9. The zero-order chi connectivity index (χ0) is 24.6. The van der Waals surface area contributed by atoms with Crippen molar-refractivity contribution >= 4 is 23.2 Å². The first-order chi connectivity index (χ1) is 17.1. The van der Waals surface area contributed by atoms with Crippen LogP contribution in [0.5, 0.6) is 23.0 Å². The van der Waals surface area contributed by atoms with E-state index in [1.54, 1.807) is 36.4 Å². The first-order valence-corrected chi connectivity index (χ1v) is 11.6. The molecular formula is C27H28N2O6. The summed E-state index contributed by atoms with van der Waals surface area (Å²) in [6.07, 6.45) is 0.803. The highest BCUT2D eigenvalue weighted by Gasteiger charge is 2.18. The minimum atomic E-state index is -0.269. The van der Waals surface area contributed by atoms with Gasteiger partial charge in [0, 0.05) is 24.1 Å². The van der Waals surface area contributed by atoms with Crippen molar-refractivity contribution in [2.45, 2.75) is 26.7 Å². The SMILES string of the molecule is CCOc1cc(NC(=O)c2ccccc2)c(OCC)cc1NC(=O)CCc1ccc2c(c1)OCO2. The normalized spacial score (nSPS) is 11.6. The molecule has 8 heteroatoms. The molecule has 0 spiro atoms. The Morgan fingerprint density at radius 1 is 0.829 bits per heavy atom. The van der Waals surface area contributed by atoms with Crippen LogP contribution < -0.4 is 29.6 Å². The van der Waals surface area contributed by atoms with Crippen molar-refractivity contribution < 1.29 is 28.5 Å². The number of benzene rings is 3. The van der Waals surface area contributed by atoms with Gasteiger partial charge in [-0.25, -0.2) is 0 Å². The number of aryl methyl sites for hydroxylation is 1. The lowest BCUT2D eigenvalue weighted by atomic mass is 10.1. The molecule has 1 heterocycles. The number of amides is 2. The van der Waals surface area contributed by atoms with Gasteiger partial charge >= 0.3 is 0 Å². The van der Waals surface area contributed by atoms with Crippen LogP contribution in [0.25, 0.3) is 0 Å². The summed E-state index contributed by atoms with van der Waals surface area (Å²) in [5.74, 6) is 1.84. The van der Waals surface area contributed by atoms with Crippen molar-refractivity contribution in [1.29, 1.82) is 0 Å². The van der Waals surface area contributed by atoms with Crippen LogP contribution in [0.3, 0.4) is 0 Å². The van der Waals surface area contributed by atoms with E-state index in [0.29, 0.717) is 59.6 Å². The monoisotopic (exact) mass is 476 g/mol. The second-order valence-electron chi connectivity index (χ2n) is 7.77. The second-order valence-corrected chi connectivity index (χ2v) is 7.77. The van der Waals surface area contributed by atoms with Gasteiger partial charge in [0.05, 0.1) is 24.6 Å². The van der Waals surface area contributed by atoms with Crippen molar-refractivity contribution in [1.82, 2.24) is 0 Å². The number of fused-ring (bicyclic) bond motifs is 1. The first-order valence-electron chi connectivity index (χ1n) is 11.6. The van der Waals surface area contributed by atoms with Gasteiger partial charge in [-0.1, -0.05) is 24.3 Å². The van der Waals surface area contributed by atoms with Gasteiger partial charge in [0.1, 0.15) is 11.5 Å². The summed E-state index contributed by atoms with van der Waals surface area (Å²) in [5.41, 5.74) is 2.43. The topological polar surface area (TPSA) is 95.1 Å². The summed E-state index contributed by atoms with van der Waals surface area (Å²) in [4.78, 5) is 25.5. The molecule has 8 nitrogen and oxygen atoms in total. The van der Waals surface area contributed by atoms with Crippen molar-refractivity contribution in [2.75, 3.05) is 30.6 Å². The number of nitrogens with one attached hydrogen (secondary N) is 2. The molecule has 1 aliphatic heterocycles. The number of hydrogen-bond donors (Lipinski definition) is 2. The fourth-order valence-electron chi connectivity index (χ4n) is 3.66. The highest BCUT2D eigenvalue weighted by Crippen LogP contribution is 2.37. The lowest BCUT2D eigenvalue weighted by molar-refractivity contribution is -0.116. The summed E-state index contributed by atoms with van der Waals surface area (Å²) in [5, 5.41) is 5.80. The number of anilines is 2. The maximum absolute atomic E-state index is 12.8. The Hall–Kier alpha value is -4.20. The smallest absolute Gasteiger partial charge is 0.255 e. The van der Waals surface area contributed by atoms with Gasteiger partial charge in [-0.05, 0) is 50.1 Å². The van der Waals surface area contributed by atoms with Gasteiger partial charge < -0.3 is 29.6 Å². The van der Waals surface area contributed by atoms with Crippen LogP contribution in [0.2, 0.25) is 0 Å². The summed E-state index contributed by atoms with van der Waals surface area (Å²) in [7, 11) is 0. The van der Waals surface area contributed by atoms with E-state index < -0.39 is 0 Å². The minimum Gasteiger partial charge on any atom is -0.492 e. The molecule has 0 bridgehead atoms. The molecule has 4 rings (SSSR count). The number of ether oxygens (including phenoxy) is 4. The van der Waals surface area contributed by atoms with E-state index in [9.17, 15) is 9.59 Å². The van der Waals surface area contributed by atoms with Gasteiger partial charge in [0.25, 0.3) is 5.91 Å². The molecule has 0 radical (unpaired) electrons. The Bertz CT molecular complexity index is 1200. The number of carbonyl (C=O) groups is 2. The summed E-state index contributed by atoms with van der Waals surface area (Å²) in [6.45, 7) is 4.69. The Balaban J connectivity index is 1.49. The molecule has 0 aliphatic carbocycles. The van der Waals surface area contributed by atoms with E-state index in [2.05, 4.69) is 10.6 Å². The molecule has 0 saturated carbocycles. The van der Waals surface area contributed by atoms with Crippen LogP contribution in [-0.2, 0) is 11.2 Å². The van der Waals surface area contributed by atoms with Crippen LogP contribution in [0.1, 0.15) is 36.2 Å². The van der Waals surface area contributed by atoms with E-state index in [-0.39, 0.29) is 25.0 Å². The molecule has 3 aromatic carbocycles. The van der Waals surface area contributed by atoms with E-state index in [0.717, 1.165) is 5.56 Å². The number of carbonyl (C=O) groups excluding carboxylic acids is 2. The lowest BCUT2D eigenvalue weighted by Gasteiger charge is -2.18. The minimum absolute atomic E-state index is 0.174. The Labute approximate surface area is 204 Å². The van der Waals surface area contributed by atoms with E-state index in [4.69, 9.17) is 18.9 Å². The molecule has 0 aromatic heterocycles. The van der Waals surface area contributed by atoms with Crippen LogP contribution in [0.4, 0.5) is 11.4 Å². The van der Waals surface area contributed by atoms with Crippen molar-refractivity contribution in [2.24, 2.45) is 0 Å². The molecular weight excluding hydrogens is 448 g/mol. The Kier molecular flexibility index (Phi) is 7.72. The third-order valence-corrected chi connectivity index (χ3v) is 5.32. The summed E-state index contributed by atoms with van der Waals surface area (Å²) >= 11 is 0. The molecule has 182 valence electrons. The van der Waals surface area contributed by atoms with Gasteiger partial charge in [-0.15, -0.1) is 0 Å². The third-order valence-electron chi connectivity index (χ3n) is 5.32. The number of hydrogen-bond acceptors (Lipinski definition) is 6. The molecule has 3 aromatic rings. The number of rotatable bonds is 10. The van der Waals surface area contributed by atoms with Gasteiger partial charge in [0.15, 0.2) is 11.5 Å². The highest BCUT2D eigenvalue weighted by atomic mass is 16.7. The molecule has 2 amide bonds. The Morgan fingerprint density at radius 2 is 1.49 bits per heavy atom. The fraction of sp³-hybridized carbons (Fsp3) is 0.259. The quantitative estimate of drug-likeness (QED) is 0.426. The van der Waals surface area contributed by atoms with Crippen LogP contribution in [0, 0.1) is 0 Å². The molecule has 35 heavy (non-hydrogen) atoms. The molecule has 2 N–H and O–H groups in total. The second kappa shape index (κ2) is 11.3. The average Bonchev–Trinajstić information content (AvgIpc) is 3.34. The fourth-order valence-corrected chi connectivity index (χ4v) is 3.66. The predicted molar refractivity (Wildman–Crippen MR) is 133 cm³/mol. The van der Waals surface area contributed by atoms with Crippen molar-refractivity contribution in [3.8, 4) is 23.0 Å². The van der Waals surface area contributed by atoms with E-state index in [1.165, 1.54) is 0 Å². The zero-order valence-corrected chi connectivity index (χ0v) is 19.8. The van der Waals surface area contributed by atoms with Crippen molar-refractivity contribution in [3.63, 3.8) is 0 Å². The maximum Gasteiger partial charge on any atom is 0.255 e. The van der Waals surface area contributed by atoms with Gasteiger partial charge in [-0.2, -0.15) is 0 Å². The molecule has 0 unspecified atom stereocenters. The average molecular weight is 477 g/mol. The van der Waals surface area contributed by atoms with E-state index in [1.807, 2.05) is 38.1 Å². The molecule has 0 fully saturated rings. The van der Waals surface area contributed by atoms with Crippen LogP contribution in [-0.4, -0.2) is 31.8 Å². The van der Waals surface area contributed by atoms with Crippen LogP contribution >= 0.6 is 0 Å². The highest BCUT2D eigenvalue weighted by molar-refractivity contribution is 6.05. The first kappa shape index (κ1) is 23.9. The standard InChI is InChI=1S/C27H28N2O6/c1-3-32-23-16-21(29-27(31)19-8-6-5-7-9-19)24(33-4-2)15-20(23)28-26(30)13-11-18-10-12-22-25(14-18)35-17-34-22/h5-10,12,14-16H,3-4,11,13,17H2,1-2H3,(H,28,30)(H,29,31). The molecule has 0 saturated heterocycles. The van der Waals surface area contributed by atoms with Gasteiger partial charge in [0.2, 0.25) is 12.7 Å². The lowest BCUT2D eigenvalue weighted by Crippen LogP contribution is -2.16. The van der Waals surface area contributed by atoms with Gasteiger partial charge in [-0.3, -0.25) is 9.59 Å². The predicted octanol–water partition coefficient (Wildman–Crippen LogP) is 5.04. The zero-order valence-electron chi connectivity index (χ0n) is 19.8. The Morgan fingerprint density at radius 3 is 2.17 bits per heavy atom.